The van der Waals surface area contributed by atoms with Gasteiger partial charge in [-0.3, -0.25) is 9.59 Å². The molecule has 156 valence electrons. The number of hydrogen-bond donors (Lipinski definition) is 2. The summed E-state index contributed by atoms with van der Waals surface area (Å²) in [5.41, 5.74) is 1.26. The van der Waals surface area contributed by atoms with Gasteiger partial charge in [-0.05, 0) is 64.7 Å². The third kappa shape index (κ3) is 5.14. The van der Waals surface area contributed by atoms with E-state index in [1.54, 1.807) is 7.11 Å². The van der Waals surface area contributed by atoms with Gasteiger partial charge in [-0.2, -0.15) is 0 Å². The second-order valence-electron chi connectivity index (χ2n) is 7.47. The van der Waals surface area contributed by atoms with Crippen molar-refractivity contribution in [3.63, 3.8) is 0 Å². The first-order valence-electron chi connectivity index (χ1n) is 9.78. The topological polar surface area (TPSA) is 67.4 Å². The van der Waals surface area contributed by atoms with Crippen molar-refractivity contribution in [2.75, 3.05) is 7.11 Å². The van der Waals surface area contributed by atoms with Gasteiger partial charge in [0, 0.05) is 12.1 Å². The molecule has 0 bridgehead atoms. The Bertz CT molecular complexity index is 1050. The minimum atomic E-state index is -0.702. The first kappa shape index (κ1) is 21.3. The maximum absolute atomic E-state index is 13.1. The highest BCUT2D eigenvalue weighted by Gasteiger charge is 2.24. The monoisotopic (exact) mass is 408 g/mol. The van der Waals surface area contributed by atoms with E-state index in [9.17, 15) is 14.0 Å². The van der Waals surface area contributed by atoms with Crippen LogP contribution in [0.15, 0.2) is 60.7 Å². The number of fused-ring (bicyclic) bond motifs is 1. The summed E-state index contributed by atoms with van der Waals surface area (Å²) >= 11 is 0. The van der Waals surface area contributed by atoms with E-state index in [0.29, 0.717) is 12.1 Å². The van der Waals surface area contributed by atoms with Gasteiger partial charge in [0.1, 0.15) is 17.6 Å². The molecule has 0 aliphatic heterocycles. The van der Waals surface area contributed by atoms with Crippen molar-refractivity contribution < 1.29 is 18.7 Å². The number of methoxy groups -OCH3 is 1. The number of hydrogen-bond acceptors (Lipinski definition) is 3. The molecular formula is C24H25FN2O3. The van der Waals surface area contributed by atoms with Gasteiger partial charge in [0.2, 0.25) is 5.91 Å². The summed E-state index contributed by atoms with van der Waals surface area (Å²) in [6, 6.07) is 16.3. The highest BCUT2D eigenvalue weighted by molar-refractivity contribution is 5.97. The van der Waals surface area contributed by atoms with E-state index in [2.05, 4.69) is 10.6 Å². The van der Waals surface area contributed by atoms with Crippen LogP contribution in [0, 0.1) is 11.7 Å². The zero-order valence-electron chi connectivity index (χ0n) is 17.2. The van der Waals surface area contributed by atoms with Crippen molar-refractivity contribution in [1.29, 1.82) is 0 Å². The van der Waals surface area contributed by atoms with Crippen molar-refractivity contribution >= 4 is 22.6 Å². The molecule has 0 fully saturated rings. The van der Waals surface area contributed by atoms with Crippen molar-refractivity contribution in [3.05, 3.63) is 77.6 Å². The Morgan fingerprint density at radius 3 is 2.30 bits per heavy atom. The second-order valence-corrected chi connectivity index (χ2v) is 7.47. The molecule has 0 aliphatic carbocycles. The third-order valence-corrected chi connectivity index (χ3v) is 4.92. The number of amides is 2. The molecule has 0 unspecified atom stereocenters. The lowest BCUT2D eigenvalue weighted by molar-refractivity contribution is -0.124. The predicted molar refractivity (Wildman–Crippen MR) is 115 cm³/mol. The smallest absolute Gasteiger partial charge is 0.251 e. The standard InChI is InChI=1S/C24H25FN2O3/c1-15(2)22(27-23(28)17-6-9-20(25)10-7-17)24(29)26-14-16-4-5-19-13-21(30-3)11-8-18(19)12-16/h4-13,15,22H,14H2,1-3H3,(H,26,29)(H,27,28)/t22-/m0/s1. The molecular weight excluding hydrogens is 383 g/mol. The van der Waals surface area contributed by atoms with E-state index in [1.807, 2.05) is 50.2 Å². The van der Waals surface area contributed by atoms with Crippen LogP contribution >= 0.6 is 0 Å². The minimum absolute atomic E-state index is 0.113. The molecule has 2 amide bonds. The molecule has 0 spiro atoms. The molecule has 30 heavy (non-hydrogen) atoms. The maximum atomic E-state index is 13.1. The van der Waals surface area contributed by atoms with E-state index in [-0.39, 0.29) is 11.8 Å². The molecule has 0 saturated carbocycles. The lowest BCUT2D eigenvalue weighted by Crippen LogP contribution is -2.49. The minimum Gasteiger partial charge on any atom is -0.497 e. The summed E-state index contributed by atoms with van der Waals surface area (Å²) in [6.45, 7) is 4.06. The fourth-order valence-electron chi connectivity index (χ4n) is 3.17. The molecule has 0 aliphatic rings. The van der Waals surface area contributed by atoms with Gasteiger partial charge in [0.15, 0.2) is 0 Å². The fraction of sp³-hybridized carbons (Fsp3) is 0.250. The molecule has 6 heteroatoms. The summed E-state index contributed by atoms with van der Waals surface area (Å²) < 4.78 is 18.3. The highest BCUT2D eigenvalue weighted by atomic mass is 19.1. The largest absolute Gasteiger partial charge is 0.497 e. The second kappa shape index (κ2) is 9.39. The Labute approximate surface area is 175 Å². The van der Waals surface area contributed by atoms with Crippen LogP contribution in [0.4, 0.5) is 4.39 Å². The van der Waals surface area contributed by atoms with Gasteiger partial charge in [0.05, 0.1) is 7.11 Å². The average molecular weight is 408 g/mol. The molecule has 3 rings (SSSR count). The molecule has 3 aromatic carbocycles. The number of nitrogens with one attached hydrogen (secondary N) is 2. The highest BCUT2D eigenvalue weighted by Crippen LogP contribution is 2.22. The van der Waals surface area contributed by atoms with Gasteiger partial charge in [-0.25, -0.2) is 4.39 Å². The lowest BCUT2D eigenvalue weighted by atomic mass is 10.0. The van der Waals surface area contributed by atoms with Crippen LogP contribution in [0.1, 0.15) is 29.8 Å². The number of ether oxygens (including phenoxy) is 1. The van der Waals surface area contributed by atoms with Gasteiger partial charge in [-0.15, -0.1) is 0 Å². The van der Waals surface area contributed by atoms with Crippen molar-refractivity contribution in [2.45, 2.75) is 26.4 Å². The predicted octanol–water partition coefficient (Wildman–Crippen LogP) is 4.06. The molecule has 0 radical (unpaired) electrons. The SMILES string of the molecule is COc1ccc2cc(CNC(=O)[C@@H](NC(=O)c3ccc(F)cc3)C(C)C)ccc2c1. The van der Waals surface area contributed by atoms with E-state index in [1.165, 1.54) is 24.3 Å². The van der Waals surface area contributed by atoms with E-state index in [4.69, 9.17) is 4.74 Å². The lowest BCUT2D eigenvalue weighted by Gasteiger charge is -2.22. The van der Waals surface area contributed by atoms with Gasteiger partial charge >= 0.3 is 0 Å². The van der Waals surface area contributed by atoms with E-state index >= 15 is 0 Å². The molecule has 2 N–H and O–H groups in total. The zero-order valence-corrected chi connectivity index (χ0v) is 17.2. The number of carbonyl (C=O) groups is 2. The van der Waals surface area contributed by atoms with Crippen molar-refractivity contribution in [3.8, 4) is 5.75 Å². The zero-order chi connectivity index (χ0) is 21.7. The summed E-state index contributed by atoms with van der Waals surface area (Å²) in [6.07, 6.45) is 0. The van der Waals surface area contributed by atoms with Crippen LogP contribution in [-0.2, 0) is 11.3 Å². The van der Waals surface area contributed by atoms with Crippen LogP contribution in [0.25, 0.3) is 10.8 Å². The quantitative estimate of drug-likeness (QED) is 0.620. The van der Waals surface area contributed by atoms with Crippen LogP contribution in [0.3, 0.4) is 0 Å². The average Bonchev–Trinajstić information content (AvgIpc) is 2.75. The molecule has 0 saturated heterocycles. The molecule has 0 heterocycles. The Kier molecular flexibility index (Phi) is 6.67. The van der Waals surface area contributed by atoms with Crippen LogP contribution in [-0.4, -0.2) is 25.0 Å². The van der Waals surface area contributed by atoms with Gasteiger partial charge in [0.25, 0.3) is 5.91 Å². The Morgan fingerprint density at radius 2 is 1.63 bits per heavy atom. The van der Waals surface area contributed by atoms with Gasteiger partial charge < -0.3 is 15.4 Å². The molecule has 1 atom stereocenters. The Morgan fingerprint density at radius 1 is 0.967 bits per heavy atom. The number of halogens is 1. The van der Waals surface area contributed by atoms with Crippen molar-refractivity contribution in [2.24, 2.45) is 5.92 Å². The van der Waals surface area contributed by atoms with Crippen LogP contribution in [0.5, 0.6) is 5.75 Å². The summed E-state index contributed by atoms with van der Waals surface area (Å²) in [5, 5.41) is 7.74. The first-order chi connectivity index (χ1) is 14.4. The summed E-state index contributed by atoms with van der Waals surface area (Å²) in [7, 11) is 1.63. The number of rotatable bonds is 7. The Hall–Kier alpha value is -3.41. The van der Waals surface area contributed by atoms with Crippen LogP contribution < -0.4 is 15.4 Å². The van der Waals surface area contributed by atoms with E-state index in [0.717, 1.165) is 22.1 Å². The molecule has 5 nitrogen and oxygen atoms in total. The fourth-order valence-corrected chi connectivity index (χ4v) is 3.17. The van der Waals surface area contributed by atoms with Crippen molar-refractivity contribution in [1.82, 2.24) is 10.6 Å². The Balaban J connectivity index is 1.65. The molecule has 0 aromatic heterocycles. The first-order valence-corrected chi connectivity index (χ1v) is 9.78. The number of benzene rings is 3. The normalized spacial score (nSPS) is 11.9. The maximum Gasteiger partial charge on any atom is 0.251 e. The number of carbonyl (C=O) groups excluding carboxylic acids is 2. The summed E-state index contributed by atoms with van der Waals surface area (Å²) in [5.74, 6) is -0.420. The van der Waals surface area contributed by atoms with Gasteiger partial charge in [-0.1, -0.05) is 32.0 Å². The molecule has 3 aromatic rings. The third-order valence-electron chi connectivity index (χ3n) is 4.92. The van der Waals surface area contributed by atoms with E-state index < -0.39 is 17.8 Å². The summed E-state index contributed by atoms with van der Waals surface area (Å²) in [4.78, 5) is 25.1. The van der Waals surface area contributed by atoms with Crippen LogP contribution in [0.2, 0.25) is 0 Å².